The second kappa shape index (κ2) is 6.67. The summed E-state index contributed by atoms with van der Waals surface area (Å²) in [5.74, 6) is 0.0813. The molecule has 0 aromatic heterocycles. The lowest BCUT2D eigenvalue weighted by Gasteiger charge is -2.36. The zero-order chi connectivity index (χ0) is 14.7. The number of piperidine rings is 1. The van der Waals surface area contributed by atoms with Crippen LogP contribution in [0.4, 0.5) is 4.39 Å². The van der Waals surface area contributed by atoms with Gasteiger partial charge >= 0.3 is 7.12 Å². The second-order valence-electron chi connectivity index (χ2n) is 5.54. The highest BCUT2D eigenvalue weighted by Gasteiger charge is 2.26. The maximum absolute atomic E-state index is 13.5. The van der Waals surface area contributed by atoms with Gasteiger partial charge in [-0.1, -0.05) is 13.0 Å². The van der Waals surface area contributed by atoms with Crippen molar-refractivity contribution < 1.29 is 19.2 Å². The van der Waals surface area contributed by atoms with Crippen molar-refractivity contribution in [2.75, 3.05) is 20.2 Å². The van der Waals surface area contributed by atoms with Gasteiger partial charge in [0.25, 0.3) is 0 Å². The third-order valence-electron chi connectivity index (χ3n) is 3.96. The van der Waals surface area contributed by atoms with E-state index >= 15 is 0 Å². The van der Waals surface area contributed by atoms with Gasteiger partial charge < -0.3 is 14.8 Å². The Morgan fingerprint density at radius 2 is 2.15 bits per heavy atom. The number of halogens is 1. The summed E-state index contributed by atoms with van der Waals surface area (Å²) < 4.78 is 18.9. The van der Waals surface area contributed by atoms with Crippen LogP contribution in [0.5, 0.6) is 0 Å². The van der Waals surface area contributed by atoms with Crippen molar-refractivity contribution in [3.63, 3.8) is 0 Å². The molecular weight excluding hydrogens is 260 g/mol. The molecule has 4 nitrogen and oxygen atoms in total. The highest BCUT2D eigenvalue weighted by molar-refractivity contribution is 6.58. The van der Waals surface area contributed by atoms with E-state index in [0.29, 0.717) is 12.5 Å². The minimum absolute atomic E-state index is 0.189. The van der Waals surface area contributed by atoms with Gasteiger partial charge in [-0.15, -0.1) is 0 Å². The highest BCUT2D eigenvalue weighted by Crippen LogP contribution is 2.21. The summed E-state index contributed by atoms with van der Waals surface area (Å²) in [7, 11) is 0.0742. The predicted octanol–water partition coefficient (Wildman–Crippen LogP) is 0.362. The third-order valence-corrected chi connectivity index (χ3v) is 3.96. The number of nitrogens with zero attached hydrogens (tertiary/aromatic N) is 1. The fraction of sp³-hybridized carbons (Fsp3) is 0.571. The molecule has 110 valence electrons. The number of hydrogen-bond donors (Lipinski definition) is 2. The van der Waals surface area contributed by atoms with Crippen LogP contribution in [0.2, 0.25) is 0 Å². The summed E-state index contributed by atoms with van der Waals surface area (Å²) >= 11 is 0. The molecule has 1 aliphatic rings. The van der Waals surface area contributed by atoms with Gasteiger partial charge in [-0.2, -0.15) is 0 Å². The number of hydrogen-bond acceptors (Lipinski definition) is 4. The first-order valence-corrected chi connectivity index (χ1v) is 6.90. The van der Waals surface area contributed by atoms with Crippen molar-refractivity contribution in [1.82, 2.24) is 4.90 Å². The zero-order valence-corrected chi connectivity index (χ0v) is 11.9. The Balaban J connectivity index is 2.06. The van der Waals surface area contributed by atoms with Gasteiger partial charge in [0.1, 0.15) is 5.82 Å². The summed E-state index contributed by atoms with van der Waals surface area (Å²) in [6.45, 7) is 4.51. The van der Waals surface area contributed by atoms with Crippen molar-refractivity contribution in [3.05, 3.63) is 29.6 Å². The first-order chi connectivity index (χ1) is 9.49. The molecule has 1 aromatic rings. The van der Waals surface area contributed by atoms with E-state index in [0.717, 1.165) is 31.1 Å². The van der Waals surface area contributed by atoms with Gasteiger partial charge in [-0.3, -0.25) is 4.90 Å². The molecule has 0 amide bonds. The van der Waals surface area contributed by atoms with Crippen LogP contribution < -0.4 is 5.46 Å². The standard InChI is InChI=1S/C14H21BFNO3/c1-10-3-4-17(9-14(10)20-2)8-11-5-12(15(18)19)7-13(16)6-11/h5-7,10,14,18-19H,3-4,8-9H2,1-2H3. The molecule has 2 N–H and O–H groups in total. The molecule has 0 radical (unpaired) electrons. The lowest BCUT2D eigenvalue weighted by atomic mass is 9.79. The van der Waals surface area contributed by atoms with Crippen LogP contribution in [0.1, 0.15) is 18.9 Å². The number of benzene rings is 1. The maximum atomic E-state index is 13.5. The van der Waals surface area contributed by atoms with Gasteiger partial charge in [-0.05, 0) is 42.0 Å². The van der Waals surface area contributed by atoms with Crippen molar-refractivity contribution in [1.29, 1.82) is 0 Å². The van der Waals surface area contributed by atoms with E-state index in [9.17, 15) is 4.39 Å². The molecular formula is C14H21BFNO3. The van der Waals surface area contributed by atoms with Crippen molar-refractivity contribution in [2.45, 2.75) is 26.0 Å². The Morgan fingerprint density at radius 1 is 1.40 bits per heavy atom. The Bertz CT molecular complexity index is 458. The first kappa shape index (κ1) is 15.4. The Kier molecular flexibility index (Phi) is 5.15. The molecule has 0 bridgehead atoms. The van der Waals surface area contributed by atoms with Crippen LogP contribution in [0.15, 0.2) is 18.2 Å². The van der Waals surface area contributed by atoms with Crippen molar-refractivity contribution in [3.8, 4) is 0 Å². The second-order valence-corrected chi connectivity index (χ2v) is 5.54. The molecule has 1 heterocycles. The number of likely N-dealkylation sites (tertiary alicyclic amines) is 1. The van der Waals surface area contributed by atoms with Crippen LogP contribution in [-0.2, 0) is 11.3 Å². The Morgan fingerprint density at radius 3 is 2.80 bits per heavy atom. The molecule has 1 saturated heterocycles. The quantitative estimate of drug-likeness (QED) is 0.783. The normalized spacial score (nSPS) is 23.9. The molecule has 2 rings (SSSR count). The average Bonchev–Trinajstić information content (AvgIpc) is 2.40. The Hall–Kier alpha value is -0.945. The SMILES string of the molecule is COC1CN(Cc2cc(F)cc(B(O)O)c2)CCC1C. The molecule has 20 heavy (non-hydrogen) atoms. The van der Waals surface area contributed by atoms with E-state index in [1.807, 2.05) is 0 Å². The molecule has 6 heteroatoms. The fourth-order valence-corrected chi connectivity index (χ4v) is 2.72. The average molecular weight is 281 g/mol. The van der Waals surface area contributed by atoms with Crippen LogP contribution in [-0.4, -0.2) is 48.4 Å². The van der Waals surface area contributed by atoms with E-state index in [1.165, 1.54) is 6.07 Å². The molecule has 2 unspecified atom stereocenters. The molecule has 2 atom stereocenters. The minimum atomic E-state index is -1.64. The minimum Gasteiger partial charge on any atom is -0.423 e. The lowest BCUT2D eigenvalue weighted by molar-refractivity contribution is -0.00746. The van der Waals surface area contributed by atoms with Gasteiger partial charge in [0, 0.05) is 20.2 Å². The van der Waals surface area contributed by atoms with Crippen LogP contribution in [0.3, 0.4) is 0 Å². The fourth-order valence-electron chi connectivity index (χ4n) is 2.72. The van der Waals surface area contributed by atoms with Crippen LogP contribution in [0.25, 0.3) is 0 Å². The number of ether oxygens (including phenoxy) is 1. The third kappa shape index (κ3) is 3.79. The molecule has 0 saturated carbocycles. The van der Waals surface area contributed by atoms with Gasteiger partial charge in [0.15, 0.2) is 0 Å². The number of rotatable bonds is 4. The van der Waals surface area contributed by atoms with Crippen LogP contribution >= 0.6 is 0 Å². The van der Waals surface area contributed by atoms with E-state index in [4.69, 9.17) is 14.8 Å². The largest absolute Gasteiger partial charge is 0.488 e. The summed E-state index contributed by atoms with van der Waals surface area (Å²) in [6.07, 6.45) is 1.24. The summed E-state index contributed by atoms with van der Waals surface area (Å²) in [4.78, 5) is 2.20. The lowest BCUT2D eigenvalue weighted by Crippen LogP contribution is -2.43. The van der Waals surface area contributed by atoms with Crippen molar-refractivity contribution >= 4 is 12.6 Å². The molecule has 1 aromatic carbocycles. The first-order valence-electron chi connectivity index (χ1n) is 6.90. The van der Waals surface area contributed by atoms with E-state index in [2.05, 4.69) is 11.8 Å². The highest BCUT2D eigenvalue weighted by atomic mass is 19.1. The van der Waals surface area contributed by atoms with E-state index in [-0.39, 0.29) is 11.6 Å². The molecule has 0 spiro atoms. The zero-order valence-electron chi connectivity index (χ0n) is 11.9. The molecule has 1 fully saturated rings. The van der Waals surface area contributed by atoms with Crippen molar-refractivity contribution in [2.24, 2.45) is 5.92 Å². The van der Waals surface area contributed by atoms with Gasteiger partial charge in [0.05, 0.1) is 6.10 Å². The van der Waals surface area contributed by atoms with E-state index in [1.54, 1.807) is 13.2 Å². The topological polar surface area (TPSA) is 52.9 Å². The monoisotopic (exact) mass is 281 g/mol. The molecule has 1 aliphatic heterocycles. The van der Waals surface area contributed by atoms with Gasteiger partial charge in [0.2, 0.25) is 0 Å². The Labute approximate surface area is 119 Å². The summed E-state index contributed by atoms with van der Waals surface area (Å²) in [5, 5.41) is 18.3. The van der Waals surface area contributed by atoms with Gasteiger partial charge in [-0.25, -0.2) is 4.39 Å². The number of methoxy groups -OCH3 is 1. The van der Waals surface area contributed by atoms with E-state index < -0.39 is 12.9 Å². The maximum Gasteiger partial charge on any atom is 0.488 e. The molecule has 0 aliphatic carbocycles. The smallest absolute Gasteiger partial charge is 0.423 e. The van der Waals surface area contributed by atoms with Crippen LogP contribution in [0, 0.1) is 11.7 Å². The summed E-state index contributed by atoms with van der Waals surface area (Å²) in [5.41, 5.74) is 0.936. The summed E-state index contributed by atoms with van der Waals surface area (Å²) in [6, 6.07) is 4.21. The predicted molar refractivity (Wildman–Crippen MR) is 76.1 cm³/mol.